The van der Waals surface area contributed by atoms with Gasteiger partial charge in [-0.15, -0.1) is 0 Å². The molecule has 0 spiro atoms. The molecule has 7 heteroatoms. The van der Waals surface area contributed by atoms with Crippen LogP contribution in [0.1, 0.15) is 17.9 Å². The molecule has 0 atom stereocenters. The van der Waals surface area contributed by atoms with Gasteiger partial charge in [-0.2, -0.15) is 4.98 Å². The number of amides is 1. The summed E-state index contributed by atoms with van der Waals surface area (Å²) in [6.45, 7) is 0.201. The average Bonchev–Trinajstić information content (AvgIpc) is 3.09. The van der Waals surface area contributed by atoms with Crippen LogP contribution in [0, 0.1) is 0 Å². The van der Waals surface area contributed by atoms with Gasteiger partial charge >= 0.3 is 0 Å². The van der Waals surface area contributed by atoms with Crippen molar-refractivity contribution in [1.29, 1.82) is 0 Å². The molecule has 0 unspecified atom stereocenters. The number of nitrogens with one attached hydrogen (secondary N) is 1. The molecule has 1 N–H and O–H groups in total. The summed E-state index contributed by atoms with van der Waals surface area (Å²) in [4.78, 5) is 20.1. The number of hydrogen-bond acceptors (Lipinski definition) is 5. The normalized spacial score (nSPS) is 10.5. The standard InChI is InChI=1S/C17H15ClN4O2/c18-14-6-4-13(5-7-14)17-21-16(24-22-17)11-20-15(23)8-3-12-2-1-9-19-10-12/h1-2,4-7,9-10H,3,8,11H2,(H,20,23). The van der Waals surface area contributed by atoms with Crippen molar-refractivity contribution in [3.8, 4) is 11.4 Å². The highest BCUT2D eigenvalue weighted by atomic mass is 35.5. The third-order valence-electron chi connectivity index (χ3n) is 3.37. The molecule has 3 rings (SSSR count). The molecule has 0 aliphatic carbocycles. The number of rotatable bonds is 6. The van der Waals surface area contributed by atoms with Gasteiger partial charge in [-0.3, -0.25) is 9.78 Å². The van der Waals surface area contributed by atoms with Gasteiger partial charge in [-0.1, -0.05) is 22.8 Å². The molecule has 0 saturated heterocycles. The van der Waals surface area contributed by atoms with E-state index in [1.807, 2.05) is 24.3 Å². The molecule has 3 aromatic rings. The van der Waals surface area contributed by atoms with E-state index < -0.39 is 0 Å². The highest BCUT2D eigenvalue weighted by Crippen LogP contribution is 2.18. The summed E-state index contributed by atoms with van der Waals surface area (Å²) in [6, 6.07) is 10.9. The zero-order valence-electron chi connectivity index (χ0n) is 12.8. The quantitative estimate of drug-likeness (QED) is 0.744. The van der Waals surface area contributed by atoms with Gasteiger partial charge in [0.1, 0.15) is 0 Å². The van der Waals surface area contributed by atoms with Gasteiger partial charge in [0.05, 0.1) is 6.54 Å². The molecule has 2 aromatic heterocycles. The van der Waals surface area contributed by atoms with E-state index in [0.717, 1.165) is 11.1 Å². The number of aryl methyl sites for hydroxylation is 1. The molecule has 6 nitrogen and oxygen atoms in total. The minimum atomic E-state index is -0.0786. The highest BCUT2D eigenvalue weighted by molar-refractivity contribution is 6.30. The Morgan fingerprint density at radius 3 is 2.79 bits per heavy atom. The number of halogens is 1. The van der Waals surface area contributed by atoms with Gasteiger partial charge in [-0.25, -0.2) is 0 Å². The largest absolute Gasteiger partial charge is 0.347 e. The lowest BCUT2D eigenvalue weighted by atomic mass is 10.1. The first-order valence-corrected chi connectivity index (χ1v) is 7.82. The maximum Gasteiger partial charge on any atom is 0.246 e. The van der Waals surface area contributed by atoms with Crippen molar-refractivity contribution >= 4 is 17.5 Å². The van der Waals surface area contributed by atoms with Crippen LogP contribution in [-0.2, 0) is 17.8 Å². The Morgan fingerprint density at radius 2 is 2.04 bits per heavy atom. The maximum atomic E-state index is 11.9. The molecule has 0 aliphatic rings. The van der Waals surface area contributed by atoms with Crippen LogP contribution in [0.4, 0.5) is 0 Å². The van der Waals surface area contributed by atoms with Crippen molar-refractivity contribution in [2.45, 2.75) is 19.4 Å². The number of pyridine rings is 1. The van der Waals surface area contributed by atoms with E-state index >= 15 is 0 Å². The summed E-state index contributed by atoms with van der Waals surface area (Å²) >= 11 is 5.85. The predicted molar refractivity (Wildman–Crippen MR) is 89.1 cm³/mol. The zero-order chi connectivity index (χ0) is 16.8. The molecule has 0 aliphatic heterocycles. The van der Waals surface area contributed by atoms with Crippen LogP contribution in [0.25, 0.3) is 11.4 Å². The first-order chi connectivity index (χ1) is 11.7. The van der Waals surface area contributed by atoms with E-state index in [0.29, 0.717) is 29.6 Å². The molecular weight excluding hydrogens is 328 g/mol. The molecule has 0 radical (unpaired) electrons. The lowest BCUT2D eigenvalue weighted by molar-refractivity contribution is -0.121. The lowest BCUT2D eigenvalue weighted by Gasteiger charge is -2.02. The minimum absolute atomic E-state index is 0.0786. The molecule has 0 bridgehead atoms. The fraction of sp³-hybridized carbons (Fsp3) is 0.176. The molecule has 0 fully saturated rings. The highest BCUT2D eigenvalue weighted by Gasteiger charge is 2.10. The summed E-state index contributed by atoms with van der Waals surface area (Å²) < 4.78 is 5.14. The van der Waals surface area contributed by atoms with Crippen LogP contribution in [0.2, 0.25) is 5.02 Å². The fourth-order valence-electron chi connectivity index (χ4n) is 2.11. The topological polar surface area (TPSA) is 80.9 Å². The predicted octanol–water partition coefficient (Wildman–Crippen LogP) is 3.03. The number of hydrogen-bond donors (Lipinski definition) is 1. The van der Waals surface area contributed by atoms with Crippen molar-refractivity contribution in [2.24, 2.45) is 0 Å². The molecular formula is C17H15ClN4O2. The number of aromatic nitrogens is 3. The molecule has 122 valence electrons. The number of benzene rings is 1. The second-order valence-corrected chi connectivity index (χ2v) is 5.59. The summed E-state index contributed by atoms with van der Waals surface area (Å²) in [6.07, 6.45) is 4.48. The van der Waals surface area contributed by atoms with Crippen LogP contribution in [0.5, 0.6) is 0 Å². The minimum Gasteiger partial charge on any atom is -0.347 e. The zero-order valence-corrected chi connectivity index (χ0v) is 13.5. The summed E-state index contributed by atoms with van der Waals surface area (Å²) in [5.74, 6) is 0.742. The molecule has 24 heavy (non-hydrogen) atoms. The van der Waals surface area contributed by atoms with Crippen molar-refractivity contribution < 1.29 is 9.32 Å². The van der Waals surface area contributed by atoms with Crippen LogP contribution < -0.4 is 5.32 Å². The van der Waals surface area contributed by atoms with E-state index in [1.165, 1.54) is 0 Å². The van der Waals surface area contributed by atoms with Gasteiger partial charge < -0.3 is 9.84 Å². The van der Waals surface area contributed by atoms with Crippen LogP contribution in [-0.4, -0.2) is 21.0 Å². The van der Waals surface area contributed by atoms with E-state index in [4.69, 9.17) is 16.1 Å². The number of nitrogens with zero attached hydrogens (tertiary/aromatic N) is 3. The van der Waals surface area contributed by atoms with Crippen LogP contribution in [0.15, 0.2) is 53.3 Å². The third kappa shape index (κ3) is 4.39. The Morgan fingerprint density at radius 1 is 1.21 bits per heavy atom. The summed E-state index contributed by atoms with van der Waals surface area (Å²) in [5.41, 5.74) is 1.83. The van der Waals surface area contributed by atoms with Crippen molar-refractivity contribution in [2.75, 3.05) is 0 Å². The van der Waals surface area contributed by atoms with E-state index in [-0.39, 0.29) is 12.5 Å². The van der Waals surface area contributed by atoms with Crippen molar-refractivity contribution in [3.05, 3.63) is 65.3 Å². The SMILES string of the molecule is O=C(CCc1cccnc1)NCc1nc(-c2ccc(Cl)cc2)no1. The summed E-state index contributed by atoms with van der Waals surface area (Å²) in [5, 5.41) is 7.31. The van der Waals surface area contributed by atoms with E-state index in [2.05, 4.69) is 20.4 Å². The second kappa shape index (κ2) is 7.70. The maximum absolute atomic E-state index is 11.9. The first kappa shape index (κ1) is 16.1. The Labute approximate surface area is 143 Å². The monoisotopic (exact) mass is 342 g/mol. The van der Waals surface area contributed by atoms with Gasteiger partial charge in [-0.05, 0) is 42.3 Å². The Bertz CT molecular complexity index is 803. The van der Waals surface area contributed by atoms with Gasteiger partial charge in [0.15, 0.2) is 0 Å². The number of carbonyl (C=O) groups excluding carboxylic acids is 1. The summed E-state index contributed by atoms with van der Waals surface area (Å²) in [7, 11) is 0. The smallest absolute Gasteiger partial charge is 0.246 e. The van der Waals surface area contributed by atoms with E-state index in [1.54, 1.807) is 24.5 Å². The van der Waals surface area contributed by atoms with Crippen LogP contribution >= 0.6 is 11.6 Å². The average molecular weight is 343 g/mol. The van der Waals surface area contributed by atoms with Crippen molar-refractivity contribution in [1.82, 2.24) is 20.4 Å². The van der Waals surface area contributed by atoms with Gasteiger partial charge in [0, 0.05) is 29.4 Å². The molecule has 0 saturated carbocycles. The Kier molecular flexibility index (Phi) is 5.18. The fourth-order valence-corrected chi connectivity index (χ4v) is 2.24. The van der Waals surface area contributed by atoms with Crippen molar-refractivity contribution in [3.63, 3.8) is 0 Å². The van der Waals surface area contributed by atoms with Gasteiger partial charge in [0.25, 0.3) is 0 Å². The third-order valence-corrected chi connectivity index (χ3v) is 3.62. The second-order valence-electron chi connectivity index (χ2n) is 5.16. The number of carbonyl (C=O) groups is 1. The van der Waals surface area contributed by atoms with Crippen LogP contribution in [0.3, 0.4) is 0 Å². The lowest BCUT2D eigenvalue weighted by Crippen LogP contribution is -2.23. The molecule has 1 amide bonds. The molecule has 2 heterocycles. The first-order valence-electron chi connectivity index (χ1n) is 7.45. The molecule has 1 aromatic carbocycles. The van der Waals surface area contributed by atoms with E-state index in [9.17, 15) is 4.79 Å². The van der Waals surface area contributed by atoms with Gasteiger partial charge in [0.2, 0.25) is 17.6 Å². The Hall–Kier alpha value is -2.73. The Balaban J connectivity index is 1.50.